The van der Waals surface area contributed by atoms with Gasteiger partial charge in [-0.2, -0.15) is 5.26 Å². The number of amides is 1. The second-order valence-corrected chi connectivity index (χ2v) is 9.91. The summed E-state index contributed by atoms with van der Waals surface area (Å²) >= 11 is 0. The molecule has 1 amide bonds. The molecule has 0 aromatic heterocycles. The molecule has 1 heterocycles. The summed E-state index contributed by atoms with van der Waals surface area (Å²) in [5, 5.41) is 9.39. The highest BCUT2D eigenvalue weighted by Gasteiger charge is 2.28. The van der Waals surface area contributed by atoms with Crippen molar-refractivity contribution in [1.82, 2.24) is 9.80 Å². The molecule has 7 heteroatoms. The molecule has 2 aromatic carbocycles. The minimum absolute atomic E-state index is 0.105. The predicted octanol–water partition coefficient (Wildman–Crippen LogP) is 2.97. The van der Waals surface area contributed by atoms with Crippen molar-refractivity contribution in [3.05, 3.63) is 65.7 Å². The van der Waals surface area contributed by atoms with Crippen molar-refractivity contribution in [3.8, 4) is 6.07 Å². The summed E-state index contributed by atoms with van der Waals surface area (Å²) in [6, 6.07) is 17.4. The van der Waals surface area contributed by atoms with Gasteiger partial charge in [0.25, 0.3) is 5.91 Å². The van der Waals surface area contributed by atoms with E-state index in [2.05, 4.69) is 11.0 Å². The Balaban J connectivity index is 1.68. The van der Waals surface area contributed by atoms with Gasteiger partial charge in [-0.15, -0.1) is 0 Å². The summed E-state index contributed by atoms with van der Waals surface area (Å²) in [4.78, 5) is 17.1. The van der Waals surface area contributed by atoms with Crippen molar-refractivity contribution >= 4 is 15.7 Å². The van der Waals surface area contributed by atoms with Crippen LogP contribution in [0.25, 0.3) is 0 Å². The first-order valence-corrected chi connectivity index (χ1v) is 11.8. The Morgan fingerprint density at radius 3 is 2.30 bits per heavy atom. The Morgan fingerprint density at radius 2 is 1.70 bits per heavy atom. The maximum Gasteiger partial charge on any atom is 0.253 e. The molecular formula is C23H27N3O3S. The number of rotatable bonds is 6. The molecule has 0 radical (unpaired) electrons. The average molecular weight is 426 g/mol. The fourth-order valence-corrected chi connectivity index (χ4v) is 5.12. The molecule has 1 aliphatic rings. The molecule has 1 aliphatic heterocycles. The van der Waals surface area contributed by atoms with Crippen LogP contribution in [0.4, 0.5) is 0 Å². The van der Waals surface area contributed by atoms with Crippen LogP contribution in [0, 0.1) is 17.2 Å². The van der Waals surface area contributed by atoms with E-state index < -0.39 is 9.84 Å². The minimum atomic E-state index is -3.47. The minimum Gasteiger partial charge on any atom is -0.336 e. The van der Waals surface area contributed by atoms with Crippen LogP contribution in [0.1, 0.15) is 29.8 Å². The molecule has 0 aliphatic carbocycles. The van der Waals surface area contributed by atoms with Gasteiger partial charge in [-0.25, -0.2) is 8.42 Å². The molecule has 1 saturated heterocycles. The maximum absolute atomic E-state index is 13.0. The SMILES string of the molecule is CC(C)C(C#N)N1CCN(C(=O)c2cccc(CS(=O)(=O)c3ccccc3)c2)CC1. The lowest BCUT2D eigenvalue weighted by molar-refractivity contribution is 0.0576. The number of hydrogen-bond acceptors (Lipinski definition) is 5. The third kappa shape index (κ3) is 5.07. The molecule has 0 spiro atoms. The van der Waals surface area contributed by atoms with Gasteiger partial charge < -0.3 is 4.90 Å². The highest BCUT2D eigenvalue weighted by Crippen LogP contribution is 2.19. The van der Waals surface area contributed by atoms with Crippen molar-refractivity contribution < 1.29 is 13.2 Å². The van der Waals surface area contributed by atoms with Crippen molar-refractivity contribution in [2.45, 2.75) is 30.5 Å². The van der Waals surface area contributed by atoms with E-state index >= 15 is 0 Å². The first-order valence-electron chi connectivity index (χ1n) is 10.1. The number of hydrogen-bond donors (Lipinski definition) is 0. The van der Waals surface area contributed by atoms with E-state index in [-0.39, 0.29) is 28.5 Å². The van der Waals surface area contributed by atoms with Gasteiger partial charge in [0.1, 0.15) is 6.04 Å². The molecule has 1 atom stereocenters. The largest absolute Gasteiger partial charge is 0.336 e. The standard InChI is InChI=1S/C23H27N3O3S/c1-18(2)22(16-24)25-11-13-26(14-12-25)23(27)20-8-6-7-19(15-20)17-30(28,29)21-9-4-3-5-10-21/h3-10,15,18,22H,11-14,17H2,1-2H3. The number of carbonyl (C=O) groups is 1. The van der Waals surface area contributed by atoms with Gasteiger partial charge in [-0.3, -0.25) is 9.69 Å². The number of sulfone groups is 1. The van der Waals surface area contributed by atoms with Crippen LogP contribution in [0.5, 0.6) is 0 Å². The first-order chi connectivity index (χ1) is 14.3. The third-order valence-electron chi connectivity index (χ3n) is 5.39. The Kier molecular flexibility index (Phi) is 6.91. The fourth-order valence-electron chi connectivity index (χ4n) is 3.76. The summed E-state index contributed by atoms with van der Waals surface area (Å²) in [6.45, 7) is 6.47. The molecule has 0 bridgehead atoms. The van der Waals surface area contributed by atoms with E-state index in [4.69, 9.17) is 0 Å². The zero-order valence-electron chi connectivity index (χ0n) is 17.4. The lowest BCUT2D eigenvalue weighted by atomic mass is 10.0. The third-order valence-corrected chi connectivity index (χ3v) is 7.10. The lowest BCUT2D eigenvalue weighted by Crippen LogP contribution is -2.52. The monoisotopic (exact) mass is 425 g/mol. The predicted molar refractivity (Wildman–Crippen MR) is 115 cm³/mol. The van der Waals surface area contributed by atoms with Crippen molar-refractivity contribution in [3.63, 3.8) is 0 Å². The van der Waals surface area contributed by atoms with Crippen LogP contribution in [-0.2, 0) is 15.6 Å². The normalized spacial score (nSPS) is 16.3. The molecule has 158 valence electrons. The summed E-state index contributed by atoms with van der Waals surface area (Å²) < 4.78 is 25.3. The van der Waals surface area contributed by atoms with Crippen molar-refractivity contribution in [2.24, 2.45) is 5.92 Å². The molecule has 0 N–H and O–H groups in total. The van der Waals surface area contributed by atoms with Crippen LogP contribution < -0.4 is 0 Å². The van der Waals surface area contributed by atoms with E-state index in [1.54, 1.807) is 59.5 Å². The fraction of sp³-hybridized carbons (Fsp3) is 0.391. The van der Waals surface area contributed by atoms with E-state index in [0.29, 0.717) is 37.3 Å². The van der Waals surface area contributed by atoms with Gasteiger partial charge in [-0.05, 0) is 35.7 Å². The van der Waals surface area contributed by atoms with Gasteiger partial charge in [0, 0.05) is 31.7 Å². The Bertz CT molecular complexity index is 1020. The van der Waals surface area contributed by atoms with Crippen LogP contribution >= 0.6 is 0 Å². The second-order valence-electron chi connectivity index (χ2n) is 7.92. The molecule has 1 fully saturated rings. The number of carbonyl (C=O) groups excluding carboxylic acids is 1. The topological polar surface area (TPSA) is 81.5 Å². The van der Waals surface area contributed by atoms with E-state index in [1.165, 1.54) is 0 Å². The molecular weight excluding hydrogens is 398 g/mol. The van der Waals surface area contributed by atoms with Crippen LogP contribution in [0.2, 0.25) is 0 Å². The highest BCUT2D eigenvalue weighted by molar-refractivity contribution is 7.90. The quantitative estimate of drug-likeness (QED) is 0.711. The molecule has 1 unspecified atom stereocenters. The molecule has 2 aromatic rings. The first kappa shape index (κ1) is 22.0. The van der Waals surface area contributed by atoms with E-state index in [1.807, 2.05) is 13.8 Å². The van der Waals surface area contributed by atoms with Gasteiger partial charge in [0.2, 0.25) is 0 Å². The van der Waals surface area contributed by atoms with Crippen LogP contribution in [-0.4, -0.2) is 56.3 Å². The smallest absolute Gasteiger partial charge is 0.253 e. The highest BCUT2D eigenvalue weighted by atomic mass is 32.2. The second kappa shape index (κ2) is 9.41. The van der Waals surface area contributed by atoms with Crippen LogP contribution in [0.3, 0.4) is 0 Å². The van der Waals surface area contributed by atoms with Crippen molar-refractivity contribution in [2.75, 3.05) is 26.2 Å². The van der Waals surface area contributed by atoms with E-state index in [0.717, 1.165) is 0 Å². The van der Waals surface area contributed by atoms with Gasteiger partial charge >= 0.3 is 0 Å². The number of piperazine rings is 1. The Hall–Kier alpha value is -2.69. The molecule has 0 saturated carbocycles. The molecule has 3 rings (SSSR count). The number of nitriles is 1. The lowest BCUT2D eigenvalue weighted by Gasteiger charge is -2.38. The van der Waals surface area contributed by atoms with E-state index in [9.17, 15) is 18.5 Å². The summed E-state index contributed by atoms with van der Waals surface area (Å²) in [5.74, 6) is -0.0170. The van der Waals surface area contributed by atoms with Gasteiger partial charge in [0.15, 0.2) is 9.84 Å². The molecule has 6 nitrogen and oxygen atoms in total. The molecule has 30 heavy (non-hydrogen) atoms. The Morgan fingerprint density at radius 1 is 1.03 bits per heavy atom. The van der Waals surface area contributed by atoms with Crippen molar-refractivity contribution in [1.29, 1.82) is 5.26 Å². The zero-order chi connectivity index (χ0) is 21.7. The zero-order valence-corrected chi connectivity index (χ0v) is 18.2. The summed E-state index contributed by atoms with van der Waals surface area (Å²) in [6.07, 6.45) is 0. The number of benzene rings is 2. The van der Waals surface area contributed by atoms with Gasteiger partial charge in [0.05, 0.1) is 16.7 Å². The summed E-state index contributed by atoms with van der Waals surface area (Å²) in [5.41, 5.74) is 1.08. The van der Waals surface area contributed by atoms with Crippen LogP contribution in [0.15, 0.2) is 59.5 Å². The Labute approximate surface area is 178 Å². The number of nitrogens with zero attached hydrogens (tertiary/aromatic N) is 3. The average Bonchev–Trinajstić information content (AvgIpc) is 2.74. The maximum atomic E-state index is 13.0. The van der Waals surface area contributed by atoms with Gasteiger partial charge in [-0.1, -0.05) is 44.2 Å². The summed E-state index contributed by atoms with van der Waals surface area (Å²) in [7, 11) is -3.47.